The Kier molecular flexibility index (Phi) is 4.92. The van der Waals surface area contributed by atoms with E-state index < -0.39 is 0 Å². The number of nitrogens with zero attached hydrogens (tertiary/aromatic N) is 2. The summed E-state index contributed by atoms with van der Waals surface area (Å²) in [6, 6.07) is 1.59. The van der Waals surface area contributed by atoms with Gasteiger partial charge in [0.25, 0.3) is 0 Å². The standard InChI is InChI=1S/C18H35N3/c1-4-9-19-17-15(7-8-18(17,2)3)13-20-11-12-21-10-5-6-16(21)14-20/h15-17,19H,4-14H2,1-3H3. The Morgan fingerprint density at radius 1 is 1.14 bits per heavy atom. The summed E-state index contributed by atoms with van der Waals surface area (Å²) in [4.78, 5) is 5.50. The molecule has 0 spiro atoms. The lowest BCUT2D eigenvalue weighted by Gasteiger charge is -2.40. The maximum Gasteiger partial charge on any atom is 0.0224 e. The molecule has 2 saturated heterocycles. The maximum absolute atomic E-state index is 3.87. The second kappa shape index (κ2) is 6.55. The molecule has 3 rings (SSSR count). The smallest absolute Gasteiger partial charge is 0.0224 e. The second-order valence-corrected chi connectivity index (χ2v) is 8.31. The van der Waals surface area contributed by atoms with Crippen LogP contribution < -0.4 is 5.32 Å². The molecule has 1 N–H and O–H groups in total. The van der Waals surface area contributed by atoms with E-state index in [1.54, 1.807) is 0 Å². The van der Waals surface area contributed by atoms with Crippen LogP contribution in [-0.2, 0) is 0 Å². The van der Waals surface area contributed by atoms with Crippen LogP contribution in [0.1, 0.15) is 52.9 Å². The van der Waals surface area contributed by atoms with E-state index >= 15 is 0 Å². The Morgan fingerprint density at radius 3 is 2.81 bits per heavy atom. The molecular formula is C18H35N3. The predicted octanol–water partition coefficient (Wildman–Crippen LogP) is 2.57. The van der Waals surface area contributed by atoms with E-state index in [4.69, 9.17) is 0 Å². The topological polar surface area (TPSA) is 18.5 Å². The first kappa shape index (κ1) is 15.8. The van der Waals surface area contributed by atoms with Crippen LogP contribution in [0.5, 0.6) is 0 Å². The van der Waals surface area contributed by atoms with Crippen LogP contribution in [0.25, 0.3) is 0 Å². The molecule has 0 aromatic heterocycles. The largest absolute Gasteiger partial charge is 0.313 e. The molecule has 1 aliphatic carbocycles. The third-order valence-corrected chi connectivity index (χ3v) is 6.25. The molecule has 2 aliphatic heterocycles. The summed E-state index contributed by atoms with van der Waals surface area (Å²) in [5, 5.41) is 3.87. The monoisotopic (exact) mass is 293 g/mol. The van der Waals surface area contributed by atoms with Crippen LogP contribution in [0.2, 0.25) is 0 Å². The Bertz CT molecular complexity index is 341. The first-order chi connectivity index (χ1) is 10.1. The fourth-order valence-corrected chi connectivity index (χ4v) is 5.01. The van der Waals surface area contributed by atoms with Gasteiger partial charge in [-0.3, -0.25) is 4.90 Å². The van der Waals surface area contributed by atoms with Crippen molar-refractivity contribution in [2.45, 2.75) is 65.0 Å². The van der Waals surface area contributed by atoms with Crippen LogP contribution in [-0.4, -0.2) is 61.2 Å². The van der Waals surface area contributed by atoms with E-state index in [1.807, 2.05) is 0 Å². The van der Waals surface area contributed by atoms with Crippen LogP contribution >= 0.6 is 0 Å². The molecule has 3 aliphatic rings. The number of fused-ring (bicyclic) bond motifs is 1. The van der Waals surface area contributed by atoms with Crippen molar-refractivity contribution in [3.05, 3.63) is 0 Å². The number of hydrogen-bond donors (Lipinski definition) is 1. The fourth-order valence-electron chi connectivity index (χ4n) is 5.01. The molecule has 3 fully saturated rings. The van der Waals surface area contributed by atoms with Gasteiger partial charge in [0.2, 0.25) is 0 Å². The molecule has 122 valence electrons. The maximum atomic E-state index is 3.87. The van der Waals surface area contributed by atoms with E-state index in [2.05, 4.69) is 35.9 Å². The highest BCUT2D eigenvalue weighted by atomic mass is 15.3. The molecule has 3 unspecified atom stereocenters. The molecule has 3 nitrogen and oxygen atoms in total. The van der Waals surface area contributed by atoms with Gasteiger partial charge in [0.15, 0.2) is 0 Å². The van der Waals surface area contributed by atoms with Gasteiger partial charge in [0.05, 0.1) is 0 Å². The van der Waals surface area contributed by atoms with E-state index in [1.165, 1.54) is 71.4 Å². The van der Waals surface area contributed by atoms with Crippen LogP contribution in [0.15, 0.2) is 0 Å². The lowest BCUT2D eigenvalue weighted by atomic mass is 9.84. The van der Waals surface area contributed by atoms with E-state index in [0.29, 0.717) is 5.41 Å². The Hall–Kier alpha value is -0.120. The molecule has 21 heavy (non-hydrogen) atoms. The zero-order valence-corrected chi connectivity index (χ0v) is 14.4. The van der Waals surface area contributed by atoms with Crippen LogP contribution in [0, 0.1) is 11.3 Å². The third-order valence-electron chi connectivity index (χ3n) is 6.25. The van der Waals surface area contributed by atoms with Crippen molar-refractivity contribution in [3.8, 4) is 0 Å². The summed E-state index contributed by atoms with van der Waals surface area (Å²) in [6.45, 7) is 15.0. The van der Waals surface area contributed by atoms with Gasteiger partial charge >= 0.3 is 0 Å². The lowest BCUT2D eigenvalue weighted by molar-refractivity contribution is 0.0843. The van der Waals surface area contributed by atoms with Crippen molar-refractivity contribution in [2.24, 2.45) is 11.3 Å². The summed E-state index contributed by atoms with van der Waals surface area (Å²) in [5.74, 6) is 0.861. The second-order valence-electron chi connectivity index (χ2n) is 8.31. The van der Waals surface area contributed by atoms with Crippen molar-refractivity contribution in [2.75, 3.05) is 39.3 Å². The number of nitrogens with one attached hydrogen (secondary N) is 1. The molecule has 0 aromatic carbocycles. The van der Waals surface area contributed by atoms with Gasteiger partial charge < -0.3 is 10.2 Å². The molecule has 2 heterocycles. The van der Waals surface area contributed by atoms with Gasteiger partial charge in [-0.05, 0) is 56.5 Å². The minimum absolute atomic E-state index is 0.481. The van der Waals surface area contributed by atoms with Gasteiger partial charge in [-0.1, -0.05) is 20.8 Å². The highest BCUT2D eigenvalue weighted by Crippen LogP contribution is 2.42. The van der Waals surface area contributed by atoms with Crippen molar-refractivity contribution >= 4 is 0 Å². The average Bonchev–Trinajstić information content (AvgIpc) is 3.02. The van der Waals surface area contributed by atoms with Crippen molar-refractivity contribution in [3.63, 3.8) is 0 Å². The van der Waals surface area contributed by atoms with Gasteiger partial charge in [-0.15, -0.1) is 0 Å². The van der Waals surface area contributed by atoms with E-state index in [-0.39, 0.29) is 0 Å². The zero-order valence-electron chi connectivity index (χ0n) is 14.4. The molecule has 0 amide bonds. The summed E-state index contributed by atoms with van der Waals surface area (Å²) in [6.07, 6.45) is 6.92. The SMILES string of the molecule is CCCNC1C(CN2CCN3CCCC3C2)CCC1(C)C. The van der Waals surface area contributed by atoms with Crippen molar-refractivity contribution in [1.82, 2.24) is 15.1 Å². The third kappa shape index (κ3) is 3.46. The minimum Gasteiger partial charge on any atom is -0.313 e. The van der Waals surface area contributed by atoms with Crippen molar-refractivity contribution < 1.29 is 0 Å². The summed E-state index contributed by atoms with van der Waals surface area (Å²) in [7, 11) is 0. The van der Waals surface area contributed by atoms with Gasteiger partial charge in [0.1, 0.15) is 0 Å². The average molecular weight is 293 g/mol. The lowest BCUT2D eigenvalue weighted by Crippen LogP contribution is -2.53. The van der Waals surface area contributed by atoms with E-state index in [9.17, 15) is 0 Å². The first-order valence-electron chi connectivity index (χ1n) is 9.30. The molecule has 0 aromatic rings. The molecule has 0 radical (unpaired) electrons. The quantitative estimate of drug-likeness (QED) is 0.840. The highest BCUT2D eigenvalue weighted by Gasteiger charge is 2.42. The normalized spacial score (nSPS) is 37.0. The highest BCUT2D eigenvalue weighted by molar-refractivity contribution is 4.98. The Morgan fingerprint density at radius 2 is 2.00 bits per heavy atom. The van der Waals surface area contributed by atoms with Gasteiger partial charge in [-0.25, -0.2) is 0 Å². The molecule has 0 bridgehead atoms. The summed E-state index contributed by atoms with van der Waals surface area (Å²) < 4.78 is 0. The predicted molar refractivity (Wildman–Crippen MR) is 89.6 cm³/mol. The molecule has 3 atom stereocenters. The molecular weight excluding hydrogens is 258 g/mol. The molecule has 1 saturated carbocycles. The van der Waals surface area contributed by atoms with Gasteiger partial charge in [0, 0.05) is 38.3 Å². The zero-order chi connectivity index (χ0) is 14.9. The van der Waals surface area contributed by atoms with Crippen LogP contribution in [0.3, 0.4) is 0 Å². The Balaban J connectivity index is 1.56. The minimum atomic E-state index is 0.481. The molecule has 3 heteroatoms. The van der Waals surface area contributed by atoms with E-state index in [0.717, 1.165) is 18.0 Å². The first-order valence-corrected chi connectivity index (χ1v) is 9.30. The number of hydrogen-bond acceptors (Lipinski definition) is 3. The number of rotatable bonds is 5. The van der Waals surface area contributed by atoms with Gasteiger partial charge in [-0.2, -0.15) is 0 Å². The summed E-state index contributed by atoms with van der Waals surface area (Å²) >= 11 is 0. The number of piperazine rings is 1. The Labute approximate surface area is 131 Å². The van der Waals surface area contributed by atoms with Crippen LogP contribution in [0.4, 0.5) is 0 Å². The fraction of sp³-hybridized carbons (Fsp3) is 1.00. The summed E-state index contributed by atoms with van der Waals surface area (Å²) in [5.41, 5.74) is 0.481. The van der Waals surface area contributed by atoms with Crippen molar-refractivity contribution in [1.29, 1.82) is 0 Å².